The fraction of sp³-hybridized carbons (Fsp3) is 0.250. The Morgan fingerprint density at radius 2 is 2.00 bits per heavy atom. The molecule has 1 heterocycles. The molecule has 7 nitrogen and oxygen atoms in total. The van der Waals surface area contributed by atoms with Crippen molar-refractivity contribution in [1.29, 1.82) is 0 Å². The molecule has 12 heteroatoms. The molecule has 0 amide bonds. The first-order valence-corrected chi connectivity index (χ1v) is 9.17. The number of nitro benzene ring substituents is 1. The van der Waals surface area contributed by atoms with Crippen molar-refractivity contribution in [3.63, 3.8) is 0 Å². The Morgan fingerprint density at radius 1 is 1.32 bits per heavy atom. The molecule has 0 radical (unpaired) electrons. The van der Waals surface area contributed by atoms with Crippen LogP contribution in [0.3, 0.4) is 0 Å². The quantitative estimate of drug-likeness (QED) is 0.267. The van der Waals surface area contributed by atoms with E-state index in [1.165, 1.54) is 6.92 Å². The molecule has 1 atom stereocenters. The van der Waals surface area contributed by atoms with E-state index < -0.39 is 46.8 Å². The highest BCUT2D eigenvalue weighted by atomic mass is 79.9. The van der Waals surface area contributed by atoms with E-state index in [2.05, 4.69) is 21.2 Å². The van der Waals surface area contributed by atoms with Crippen LogP contribution >= 0.6 is 27.3 Å². The Bertz CT molecular complexity index is 916. The molecule has 0 unspecified atom stereocenters. The number of carbonyl (C=O) groups is 2. The van der Waals surface area contributed by atoms with Gasteiger partial charge in [0.2, 0.25) is 5.78 Å². The van der Waals surface area contributed by atoms with Crippen LogP contribution in [0, 0.1) is 10.1 Å². The zero-order valence-corrected chi connectivity index (χ0v) is 16.5. The van der Waals surface area contributed by atoms with Gasteiger partial charge in [0.1, 0.15) is 11.7 Å². The zero-order valence-electron chi connectivity index (χ0n) is 14.1. The lowest BCUT2D eigenvalue weighted by Gasteiger charge is -2.15. The van der Waals surface area contributed by atoms with Gasteiger partial charge in [0.25, 0.3) is 5.69 Å². The molecule has 0 saturated carbocycles. The number of nitro groups is 1. The maximum absolute atomic E-state index is 12.7. The van der Waals surface area contributed by atoms with Gasteiger partial charge in [0.05, 0.1) is 19.2 Å². The fourth-order valence-electron chi connectivity index (χ4n) is 2.07. The molecule has 150 valence electrons. The highest BCUT2D eigenvalue weighted by Crippen LogP contribution is 2.35. The monoisotopic (exact) mass is 480 g/mol. The molecule has 1 aromatic carbocycles. The van der Waals surface area contributed by atoms with E-state index in [1.807, 2.05) is 0 Å². The third-order valence-corrected chi connectivity index (χ3v) is 5.11. The lowest BCUT2D eigenvalue weighted by atomic mass is 10.1. The van der Waals surface area contributed by atoms with E-state index in [0.29, 0.717) is 17.0 Å². The highest BCUT2D eigenvalue weighted by molar-refractivity contribution is 9.11. The smallest absolute Gasteiger partial charge is 0.416 e. The van der Waals surface area contributed by atoms with Crippen LogP contribution in [-0.4, -0.2) is 29.3 Å². The minimum atomic E-state index is -4.75. The van der Waals surface area contributed by atoms with Crippen LogP contribution in [0.4, 0.5) is 24.5 Å². The van der Waals surface area contributed by atoms with Gasteiger partial charge >= 0.3 is 12.1 Å². The molecular formula is C16H12BrF3N2O5S. The van der Waals surface area contributed by atoms with E-state index in [1.54, 1.807) is 12.1 Å². The van der Waals surface area contributed by atoms with Gasteiger partial charge in [-0.25, -0.2) is 4.79 Å². The number of Topliss-reactive ketones (excluding diaryl/α,β-unsaturated/α-hetero) is 1. The number of thiophene rings is 1. The van der Waals surface area contributed by atoms with E-state index in [9.17, 15) is 32.9 Å². The number of hydrogen-bond acceptors (Lipinski definition) is 7. The number of hydrogen-bond donors (Lipinski definition) is 1. The summed E-state index contributed by atoms with van der Waals surface area (Å²) >= 11 is 4.36. The second-order valence-electron chi connectivity index (χ2n) is 5.49. The Labute approximate surface area is 168 Å². The van der Waals surface area contributed by atoms with Gasteiger partial charge in [-0.1, -0.05) is 0 Å². The Hall–Kier alpha value is -2.47. The summed E-state index contributed by atoms with van der Waals surface area (Å²) in [5, 5.41) is 13.5. The molecule has 2 rings (SSSR count). The summed E-state index contributed by atoms with van der Waals surface area (Å²) in [6, 6.07) is 3.97. The van der Waals surface area contributed by atoms with Crippen LogP contribution in [0.15, 0.2) is 34.1 Å². The second kappa shape index (κ2) is 8.69. The SMILES string of the molecule is C[C@@H](Nc1ccc(C(F)(F)F)cc1[N+](=O)[O-])C(=O)OCC(=O)c1ccc(Br)s1. The maximum atomic E-state index is 12.7. The average Bonchev–Trinajstić information content (AvgIpc) is 3.04. The number of carbonyl (C=O) groups excluding carboxylic acids is 2. The average molecular weight is 481 g/mol. The Kier molecular flexibility index (Phi) is 6.77. The molecule has 0 bridgehead atoms. The van der Waals surface area contributed by atoms with Crippen LogP contribution in [0.25, 0.3) is 0 Å². The van der Waals surface area contributed by atoms with Gasteiger partial charge < -0.3 is 10.1 Å². The van der Waals surface area contributed by atoms with Crippen LogP contribution in [0.1, 0.15) is 22.2 Å². The van der Waals surface area contributed by atoms with Gasteiger partial charge in [-0.05, 0) is 47.1 Å². The number of nitrogens with one attached hydrogen (secondary N) is 1. The van der Waals surface area contributed by atoms with Crippen molar-refractivity contribution in [2.45, 2.75) is 19.1 Å². The molecule has 2 aromatic rings. The number of benzene rings is 1. The molecule has 0 spiro atoms. The van der Waals surface area contributed by atoms with Gasteiger partial charge in [0.15, 0.2) is 6.61 Å². The van der Waals surface area contributed by atoms with Crippen molar-refractivity contribution in [2.75, 3.05) is 11.9 Å². The largest absolute Gasteiger partial charge is 0.456 e. The molecule has 1 aromatic heterocycles. The first-order valence-electron chi connectivity index (χ1n) is 7.56. The van der Waals surface area contributed by atoms with E-state index >= 15 is 0 Å². The van der Waals surface area contributed by atoms with Gasteiger partial charge in [-0.3, -0.25) is 14.9 Å². The topological polar surface area (TPSA) is 98.5 Å². The molecule has 28 heavy (non-hydrogen) atoms. The van der Waals surface area contributed by atoms with Gasteiger partial charge in [-0.15, -0.1) is 11.3 Å². The minimum Gasteiger partial charge on any atom is -0.456 e. The Morgan fingerprint density at radius 3 is 2.54 bits per heavy atom. The lowest BCUT2D eigenvalue weighted by molar-refractivity contribution is -0.384. The molecule has 0 aliphatic heterocycles. The first kappa shape index (κ1) is 21.8. The van der Waals surface area contributed by atoms with Crippen LogP contribution in [0.5, 0.6) is 0 Å². The fourth-order valence-corrected chi connectivity index (χ4v) is 3.38. The van der Waals surface area contributed by atoms with Crippen molar-refractivity contribution < 1.29 is 32.4 Å². The van der Waals surface area contributed by atoms with Crippen LogP contribution in [-0.2, 0) is 15.7 Å². The van der Waals surface area contributed by atoms with Crippen LogP contribution in [0.2, 0.25) is 0 Å². The predicted molar refractivity (Wildman–Crippen MR) is 98.5 cm³/mol. The summed E-state index contributed by atoms with van der Waals surface area (Å²) in [4.78, 5) is 34.4. The molecule has 0 aliphatic rings. The number of alkyl halides is 3. The summed E-state index contributed by atoms with van der Waals surface area (Å²) in [5.74, 6) is -1.32. The molecule has 0 fully saturated rings. The summed E-state index contributed by atoms with van der Waals surface area (Å²) in [6.07, 6.45) is -4.75. The third kappa shape index (κ3) is 5.52. The number of esters is 1. The van der Waals surface area contributed by atoms with Crippen molar-refractivity contribution in [1.82, 2.24) is 0 Å². The van der Waals surface area contributed by atoms with Crippen molar-refractivity contribution in [3.05, 3.63) is 54.7 Å². The maximum Gasteiger partial charge on any atom is 0.416 e. The first-order chi connectivity index (χ1) is 13.0. The van der Waals surface area contributed by atoms with Crippen molar-refractivity contribution in [2.24, 2.45) is 0 Å². The standard InChI is InChI=1S/C16H12BrF3N2O5S/c1-8(15(24)27-7-12(23)13-4-5-14(17)28-13)21-10-3-2-9(16(18,19)20)6-11(10)22(25)26/h2-6,8,21H,7H2,1H3/t8-/m1/s1. The second-order valence-corrected chi connectivity index (χ2v) is 7.95. The molecule has 0 aliphatic carbocycles. The minimum absolute atomic E-state index is 0.282. The Balaban J connectivity index is 2.05. The number of rotatable bonds is 7. The van der Waals surface area contributed by atoms with Gasteiger partial charge in [-0.2, -0.15) is 13.2 Å². The van der Waals surface area contributed by atoms with Crippen molar-refractivity contribution >= 4 is 50.4 Å². The summed E-state index contributed by atoms with van der Waals surface area (Å²) < 4.78 is 43.8. The van der Waals surface area contributed by atoms with Gasteiger partial charge in [0, 0.05) is 6.07 Å². The predicted octanol–water partition coefficient (Wildman–Crippen LogP) is 4.66. The summed E-state index contributed by atoms with van der Waals surface area (Å²) in [6.45, 7) is 0.767. The van der Waals surface area contributed by atoms with Crippen molar-refractivity contribution in [3.8, 4) is 0 Å². The normalized spacial score (nSPS) is 12.3. The number of nitrogens with zero attached hydrogens (tertiary/aromatic N) is 1. The summed E-state index contributed by atoms with van der Waals surface area (Å²) in [7, 11) is 0. The number of ketones is 1. The van der Waals surface area contributed by atoms with E-state index in [0.717, 1.165) is 21.2 Å². The number of anilines is 1. The van der Waals surface area contributed by atoms with E-state index in [4.69, 9.17) is 4.74 Å². The number of ether oxygens (including phenoxy) is 1. The van der Waals surface area contributed by atoms with E-state index in [-0.39, 0.29) is 5.69 Å². The number of halogens is 4. The lowest BCUT2D eigenvalue weighted by Crippen LogP contribution is -2.30. The molecule has 1 N–H and O–H groups in total. The molecule has 0 saturated heterocycles. The third-order valence-electron chi connectivity index (χ3n) is 3.44. The van der Waals surface area contributed by atoms with Crippen LogP contribution < -0.4 is 5.32 Å². The zero-order chi connectivity index (χ0) is 21.1. The highest BCUT2D eigenvalue weighted by Gasteiger charge is 2.33. The molecular weight excluding hydrogens is 469 g/mol. The summed E-state index contributed by atoms with van der Waals surface area (Å²) in [5.41, 5.74) is -2.31.